The maximum absolute atomic E-state index is 14.1. The Labute approximate surface area is 225 Å². The number of hydrogen-bond donors (Lipinski definition) is 1. The van der Waals surface area contributed by atoms with Crippen molar-refractivity contribution in [2.75, 3.05) is 5.32 Å². The molecule has 1 heterocycles. The second-order valence-corrected chi connectivity index (χ2v) is 11.4. The van der Waals surface area contributed by atoms with E-state index in [1.54, 1.807) is 0 Å². The van der Waals surface area contributed by atoms with E-state index in [0.29, 0.717) is 31.0 Å². The van der Waals surface area contributed by atoms with Gasteiger partial charge in [0.2, 0.25) is 0 Å². The first-order valence-corrected chi connectivity index (χ1v) is 14.1. The number of benzene rings is 4. The molecule has 4 aromatic carbocycles. The zero-order valence-electron chi connectivity index (χ0n) is 21.7. The predicted molar refractivity (Wildman–Crippen MR) is 153 cm³/mol. The fraction of sp³-hybridized carbons (Fsp3) is 0.286. The lowest BCUT2D eigenvalue weighted by Gasteiger charge is -2.43. The van der Waals surface area contributed by atoms with E-state index < -0.39 is 0 Å². The highest BCUT2D eigenvalue weighted by molar-refractivity contribution is 5.95. The summed E-state index contributed by atoms with van der Waals surface area (Å²) in [5.41, 5.74) is 7.06. The zero-order chi connectivity index (χ0) is 25.5. The first kappa shape index (κ1) is 23.3. The van der Waals surface area contributed by atoms with Gasteiger partial charge in [-0.2, -0.15) is 0 Å². The Morgan fingerprint density at radius 1 is 0.737 bits per heavy atom. The number of nitrogens with zero attached hydrogens (tertiary/aromatic N) is 1. The average Bonchev–Trinajstić information content (AvgIpc) is 3.61. The van der Waals surface area contributed by atoms with Gasteiger partial charge in [0.15, 0.2) is 0 Å². The monoisotopic (exact) mass is 498 g/mol. The van der Waals surface area contributed by atoms with Crippen LogP contribution in [0.4, 0.5) is 5.69 Å². The summed E-state index contributed by atoms with van der Waals surface area (Å²) in [4.78, 5) is 16.1. The predicted octanol–water partition coefficient (Wildman–Crippen LogP) is 7.83. The van der Waals surface area contributed by atoms with Gasteiger partial charge < -0.3 is 10.2 Å². The van der Waals surface area contributed by atoms with Crippen LogP contribution in [0.15, 0.2) is 109 Å². The molecule has 38 heavy (non-hydrogen) atoms. The van der Waals surface area contributed by atoms with Crippen LogP contribution in [0.5, 0.6) is 0 Å². The molecule has 0 unspecified atom stereocenters. The van der Waals surface area contributed by atoms with Crippen molar-refractivity contribution in [1.82, 2.24) is 4.90 Å². The van der Waals surface area contributed by atoms with Crippen LogP contribution in [0.2, 0.25) is 0 Å². The molecular formula is C35H34N2O. The number of anilines is 1. The van der Waals surface area contributed by atoms with Crippen LogP contribution in [0, 0.1) is 17.8 Å². The summed E-state index contributed by atoms with van der Waals surface area (Å²) in [5, 5.41) is 3.92. The number of carbonyl (C=O) groups is 1. The molecule has 0 saturated heterocycles. The molecular weight excluding hydrogens is 464 g/mol. The van der Waals surface area contributed by atoms with Crippen molar-refractivity contribution in [2.45, 2.75) is 44.3 Å². The van der Waals surface area contributed by atoms with Crippen molar-refractivity contribution in [2.24, 2.45) is 17.8 Å². The van der Waals surface area contributed by atoms with E-state index in [9.17, 15) is 4.79 Å². The lowest BCUT2D eigenvalue weighted by atomic mass is 9.68. The van der Waals surface area contributed by atoms with Crippen molar-refractivity contribution < 1.29 is 4.79 Å². The Kier molecular flexibility index (Phi) is 6.00. The molecule has 1 aliphatic heterocycles. The molecule has 2 saturated carbocycles. The Balaban J connectivity index is 1.23. The summed E-state index contributed by atoms with van der Waals surface area (Å²) >= 11 is 0. The van der Waals surface area contributed by atoms with Crippen LogP contribution in [-0.4, -0.2) is 10.8 Å². The fourth-order valence-corrected chi connectivity index (χ4v) is 7.60. The van der Waals surface area contributed by atoms with Crippen LogP contribution in [0.25, 0.3) is 0 Å². The molecule has 3 heteroatoms. The van der Waals surface area contributed by atoms with Gasteiger partial charge in [0.05, 0.1) is 6.04 Å². The van der Waals surface area contributed by atoms with E-state index >= 15 is 0 Å². The van der Waals surface area contributed by atoms with Crippen LogP contribution in [-0.2, 0) is 13.1 Å². The van der Waals surface area contributed by atoms with Crippen LogP contribution < -0.4 is 5.32 Å². The number of hydrogen-bond acceptors (Lipinski definition) is 2. The smallest absolute Gasteiger partial charge is 0.254 e. The maximum atomic E-state index is 14.1. The van der Waals surface area contributed by atoms with Crippen molar-refractivity contribution in [3.63, 3.8) is 0 Å². The van der Waals surface area contributed by atoms with Crippen molar-refractivity contribution in [1.29, 1.82) is 0 Å². The van der Waals surface area contributed by atoms with E-state index in [1.807, 2.05) is 47.4 Å². The Morgan fingerprint density at radius 3 is 2.00 bits per heavy atom. The number of fused-ring (bicyclic) bond motifs is 7. The summed E-state index contributed by atoms with van der Waals surface area (Å²) < 4.78 is 0. The van der Waals surface area contributed by atoms with Crippen molar-refractivity contribution in [3.05, 3.63) is 137 Å². The van der Waals surface area contributed by atoms with Gasteiger partial charge in [0, 0.05) is 24.3 Å². The van der Waals surface area contributed by atoms with Gasteiger partial charge in [0.1, 0.15) is 0 Å². The van der Waals surface area contributed by atoms with Crippen molar-refractivity contribution >= 4 is 11.6 Å². The average molecular weight is 499 g/mol. The molecule has 3 nitrogen and oxygen atoms in total. The molecule has 4 aromatic rings. The van der Waals surface area contributed by atoms with Gasteiger partial charge in [0.25, 0.3) is 5.91 Å². The van der Waals surface area contributed by atoms with E-state index in [4.69, 9.17) is 0 Å². The highest BCUT2D eigenvalue weighted by atomic mass is 16.2. The third-order valence-corrected chi connectivity index (χ3v) is 9.21. The lowest BCUT2D eigenvalue weighted by molar-refractivity contribution is 0.0729. The zero-order valence-corrected chi connectivity index (χ0v) is 21.7. The molecule has 0 spiro atoms. The largest absolute Gasteiger partial charge is 0.378 e. The summed E-state index contributed by atoms with van der Waals surface area (Å²) in [7, 11) is 0. The molecule has 2 bridgehead atoms. The van der Waals surface area contributed by atoms with Gasteiger partial charge in [-0.1, -0.05) is 91.0 Å². The highest BCUT2D eigenvalue weighted by Crippen LogP contribution is 2.63. The molecule has 5 atom stereocenters. The number of rotatable bonds is 6. The second-order valence-electron chi connectivity index (χ2n) is 11.4. The molecule has 2 fully saturated rings. The first-order chi connectivity index (χ1) is 18.7. The molecule has 1 amide bonds. The van der Waals surface area contributed by atoms with Gasteiger partial charge >= 0.3 is 0 Å². The Hall–Kier alpha value is -3.85. The number of nitrogens with one attached hydrogen (secondary N) is 1. The second kappa shape index (κ2) is 9.79. The fourth-order valence-electron chi connectivity index (χ4n) is 7.60. The van der Waals surface area contributed by atoms with Crippen LogP contribution >= 0.6 is 0 Å². The topological polar surface area (TPSA) is 32.3 Å². The number of carbonyl (C=O) groups excluding carboxylic acids is 1. The standard InChI is InChI=1S/C35H34N2O/c38-35(37(22-24-10-4-1-5-11-24)23-25-12-6-2-7-13-25)29-18-19-31-30(21-29)32-27-16-17-28(20-27)33(32)34(36-31)26-14-8-3-9-15-26/h1-15,18-19,21,27-28,32-34,36H,16-17,20,22-23H2/t27-,28-,32-,33+,34-/m0/s1. The Morgan fingerprint density at radius 2 is 1.34 bits per heavy atom. The van der Waals surface area contributed by atoms with E-state index in [0.717, 1.165) is 28.5 Å². The molecule has 0 aromatic heterocycles. The minimum atomic E-state index is 0.102. The van der Waals surface area contributed by atoms with Crippen LogP contribution in [0.1, 0.15) is 63.8 Å². The molecule has 190 valence electrons. The van der Waals surface area contributed by atoms with Gasteiger partial charge in [-0.3, -0.25) is 4.79 Å². The SMILES string of the molecule is O=C(c1ccc2c(c1)[C@@H]1[C@H]3CC[C@@H](C3)[C@H]1[C@H](c1ccccc1)N2)N(Cc1ccccc1)Cc1ccccc1. The minimum Gasteiger partial charge on any atom is -0.378 e. The molecule has 7 rings (SSSR count). The maximum Gasteiger partial charge on any atom is 0.254 e. The summed E-state index contributed by atoms with van der Waals surface area (Å²) in [6.07, 6.45) is 3.98. The first-order valence-electron chi connectivity index (χ1n) is 14.1. The van der Waals surface area contributed by atoms with Gasteiger partial charge in [-0.25, -0.2) is 0 Å². The molecule has 3 aliphatic rings. The van der Waals surface area contributed by atoms with Gasteiger partial charge in [-0.05, 0) is 83.4 Å². The highest BCUT2D eigenvalue weighted by Gasteiger charge is 2.53. The van der Waals surface area contributed by atoms with Gasteiger partial charge in [-0.15, -0.1) is 0 Å². The van der Waals surface area contributed by atoms with Crippen LogP contribution in [0.3, 0.4) is 0 Å². The van der Waals surface area contributed by atoms with Crippen molar-refractivity contribution in [3.8, 4) is 0 Å². The molecule has 1 N–H and O–H groups in total. The number of amides is 1. The quantitative estimate of drug-likeness (QED) is 0.294. The lowest BCUT2D eigenvalue weighted by Crippen LogP contribution is -2.36. The van der Waals surface area contributed by atoms with E-state index in [2.05, 4.69) is 72.0 Å². The third-order valence-electron chi connectivity index (χ3n) is 9.21. The molecule has 0 radical (unpaired) electrons. The summed E-state index contributed by atoms with van der Waals surface area (Å²) in [6, 6.07) is 38.4. The summed E-state index contributed by atoms with van der Waals surface area (Å²) in [6.45, 7) is 1.19. The third kappa shape index (κ3) is 4.20. The Bertz CT molecular complexity index is 1380. The van der Waals surface area contributed by atoms with E-state index in [-0.39, 0.29) is 5.91 Å². The van der Waals surface area contributed by atoms with E-state index in [1.165, 1.54) is 36.1 Å². The normalized spacial score (nSPS) is 24.8. The summed E-state index contributed by atoms with van der Waals surface area (Å²) in [5.74, 6) is 2.72. The minimum absolute atomic E-state index is 0.102. The molecule has 2 aliphatic carbocycles.